The summed E-state index contributed by atoms with van der Waals surface area (Å²) in [6.45, 7) is 0.649. The van der Waals surface area contributed by atoms with Crippen LogP contribution in [0.4, 0.5) is 5.69 Å². The summed E-state index contributed by atoms with van der Waals surface area (Å²) < 4.78 is 38.1. The fourth-order valence-corrected chi connectivity index (χ4v) is 5.24. The predicted octanol–water partition coefficient (Wildman–Crippen LogP) is 5.14. The number of aromatic nitrogens is 2. The van der Waals surface area contributed by atoms with Crippen molar-refractivity contribution in [2.75, 3.05) is 11.4 Å². The molecule has 0 saturated heterocycles. The Balaban J connectivity index is 1.48. The minimum absolute atomic E-state index is 0.136. The lowest BCUT2D eigenvalue weighted by Gasteiger charge is -2.20. The molecule has 2 aromatic heterocycles. The molecule has 0 fully saturated rings. The van der Waals surface area contributed by atoms with Crippen LogP contribution in [0.2, 0.25) is 0 Å². The van der Waals surface area contributed by atoms with Crippen LogP contribution in [0.1, 0.15) is 31.6 Å². The first-order valence-corrected chi connectivity index (χ1v) is 13.1. The first kappa shape index (κ1) is 24.7. The standard InChI is InChI=1S/C24H23N3O6S2/c28-23(29)11-5-2-6-15-27-18-13-12-17(35(30,31)32)16-20(18)34-22(27)10-4-1-3-9-21-26-24-19(33-21)8-7-14-25-24/h1,3-4,7-10,12-14,16H,2,5-6,11,15H2,(H,28,29)(H,30,31,32)/b4-1+,9-3+,22-10+. The summed E-state index contributed by atoms with van der Waals surface area (Å²) in [7, 11) is -4.30. The summed E-state index contributed by atoms with van der Waals surface area (Å²) in [5.41, 5.74) is 2.00. The van der Waals surface area contributed by atoms with E-state index >= 15 is 0 Å². The minimum Gasteiger partial charge on any atom is -0.481 e. The summed E-state index contributed by atoms with van der Waals surface area (Å²) in [4.78, 5) is 21.8. The van der Waals surface area contributed by atoms with Crippen molar-refractivity contribution in [2.45, 2.75) is 35.5 Å². The van der Waals surface area contributed by atoms with E-state index in [0.29, 0.717) is 30.1 Å². The number of allylic oxidation sites excluding steroid dienone is 4. The average molecular weight is 514 g/mol. The van der Waals surface area contributed by atoms with Crippen LogP contribution in [-0.4, -0.2) is 40.6 Å². The van der Waals surface area contributed by atoms with Crippen molar-refractivity contribution in [3.05, 3.63) is 71.8 Å². The van der Waals surface area contributed by atoms with Gasteiger partial charge in [0.1, 0.15) is 0 Å². The molecule has 4 rings (SSSR count). The molecule has 11 heteroatoms. The number of oxazole rings is 1. The molecular formula is C24H23N3O6S2. The van der Waals surface area contributed by atoms with E-state index in [9.17, 15) is 17.8 Å². The zero-order chi connectivity index (χ0) is 24.8. The number of pyridine rings is 1. The molecule has 0 saturated carbocycles. The van der Waals surface area contributed by atoms with Gasteiger partial charge in [-0.2, -0.15) is 13.4 Å². The molecule has 0 unspecified atom stereocenters. The molecule has 182 valence electrons. The molecule has 2 N–H and O–H groups in total. The predicted molar refractivity (Wildman–Crippen MR) is 134 cm³/mol. The minimum atomic E-state index is -4.30. The van der Waals surface area contributed by atoms with E-state index in [4.69, 9.17) is 9.52 Å². The summed E-state index contributed by atoms with van der Waals surface area (Å²) in [6.07, 6.45) is 13.0. The number of fused-ring (bicyclic) bond motifs is 2. The van der Waals surface area contributed by atoms with Gasteiger partial charge in [-0.3, -0.25) is 9.35 Å². The smallest absolute Gasteiger partial charge is 0.303 e. The normalized spacial score (nSPS) is 15.1. The van der Waals surface area contributed by atoms with Gasteiger partial charge in [0.05, 0.1) is 15.6 Å². The van der Waals surface area contributed by atoms with E-state index in [1.165, 1.54) is 23.9 Å². The third-order valence-electron chi connectivity index (χ3n) is 5.15. The van der Waals surface area contributed by atoms with Crippen molar-refractivity contribution < 1.29 is 27.3 Å². The molecule has 0 atom stereocenters. The Morgan fingerprint density at radius 2 is 2.00 bits per heavy atom. The Bertz CT molecular complexity index is 1390. The van der Waals surface area contributed by atoms with E-state index in [-0.39, 0.29) is 11.3 Å². The summed E-state index contributed by atoms with van der Waals surface area (Å²) in [6, 6.07) is 8.09. The van der Waals surface area contributed by atoms with Crippen molar-refractivity contribution in [3.8, 4) is 0 Å². The lowest BCUT2D eigenvalue weighted by molar-refractivity contribution is -0.137. The highest BCUT2D eigenvalue weighted by Gasteiger charge is 2.26. The molecule has 1 aliphatic rings. The van der Waals surface area contributed by atoms with Crippen LogP contribution in [0.25, 0.3) is 17.3 Å². The highest BCUT2D eigenvalue weighted by atomic mass is 32.2. The third-order valence-corrected chi connectivity index (χ3v) is 7.12. The number of aliphatic carboxylic acids is 1. The molecule has 1 aromatic carbocycles. The Kier molecular flexibility index (Phi) is 7.69. The summed E-state index contributed by atoms with van der Waals surface area (Å²) in [5.74, 6) is -0.364. The van der Waals surface area contributed by atoms with Gasteiger partial charge in [-0.1, -0.05) is 36.4 Å². The van der Waals surface area contributed by atoms with Crippen molar-refractivity contribution in [1.82, 2.24) is 9.97 Å². The van der Waals surface area contributed by atoms with E-state index in [2.05, 4.69) is 14.9 Å². The number of nitrogens with zero attached hydrogens (tertiary/aromatic N) is 3. The van der Waals surface area contributed by atoms with Gasteiger partial charge in [-0.05, 0) is 49.2 Å². The van der Waals surface area contributed by atoms with Gasteiger partial charge in [-0.25, -0.2) is 4.98 Å². The number of carboxylic acid groups (broad SMARTS) is 1. The van der Waals surface area contributed by atoms with Crippen LogP contribution in [0.3, 0.4) is 0 Å². The maximum atomic E-state index is 11.5. The van der Waals surface area contributed by atoms with Crippen LogP contribution in [0.15, 0.2) is 80.1 Å². The van der Waals surface area contributed by atoms with Gasteiger partial charge in [-0.15, -0.1) is 0 Å². The molecular weight excluding hydrogens is 490 g/mol. The molecule has 0 aliphatic carbocycles. The number of hydrogen-bond donors (Lipinski definition) is 2. The fourth-order valence-electron chi connectivity index (χ4n) is 3.52. The molecule has 0 radical (unpaired) electrons. The Morgan fingerprint density at radius 3 is 2.77 bits per heavy atom. The highest BCUT2D eigenvalue weighted by Crippen LogP contribution is 2.47. The maximum Gasteiger partial charge on any atom is 0.303 e. The second-order valence-electron chi connectivity index (χ2n) is 7.69. The molecule has 0 bridgehead atoms. The lowest BCUT2D eigenvalue weighted by Crippen LogP contribution is -2.19. The molecule has 0 amide bonds. The number of carbonyl (C=O) groups is 1. The van der Waals surface area contributed by atoms with Crippen molar-refractivity contribution in [2.24, 2.45) is 0 Å². The second kappa shape index (κ2) is 10.9. The van der Waals surface area contributed by atoms with Gasteiger partial charge in [0.15, 0.2) is 11.2 Å². The number of carboxylic acids is 1. The Morgan fingerprint density at radius 1 is 1.14 bits per heavy atom. The van der Waals surface area contributed by atoms with Gasteiger partial charge in [0.25, 0.3) is 10.1 Å². The second-order valence-corrected chi connectivity index (χ2v) is 10.2. The fraction of sp³-hybridized carbons (Fsp3) is 0.208. The Hall–Kier alpha value is -3.41. The van der Waals surface area contributed by atoms with Crippen LogP contribution in [0, 0.1) is 0 Å². The van der Waals surface area contributed by atoms with E-state index in [1.54, 1.807) is 36.5 Å². The van der Waals surface area contributed by atoms with Crippen molar-refractivity contribution in [1.29, 1.82) is 0 Å². The zero-order valence-electron chi connectivity index (χ0n) is 18.6. The first-order valence-electron chi connectivity index (χ1n) is 10.9. The molecule has 0 spiro atoms. The molecule has 35 heavy (non-hydrogen) atoms. The van der Waals surface area contributed by atoms with Crippen molar-refractivity contribution >= 4 is 50.8 Å². The number of benzene rings is 1. The number of hydrogen-bond acceptors (Lipinski definition) is 8. The first-order chi connectivity index (χ1) is 16.8. The van der Waals surface area contributed by atoms with Crippen LogP contribution in [0.5, 0.6) is 0 Å². The van der Waals surface area contributed by atoms with Crippen LogP contribution < -0.4 is 4.90 Å². The van der Waals surface area contributed by atoms with E-state index < -0.39 is 16.1 Å². The number of unbranched alkanes of at least 4 members (excludes halogenated alkanes) is 2. The molecule has 9 nitrogen and oxygen atoms in total. The topological polar surface area (TPSA) is 134 Å². The van der Waals surface area contributed by atoms with Gasteiger partial charge >= 0.3 is 5.97 Å². The molecule has 3 aromatic rings. The van der Waals surface area contributed by atoms with Crippen LogP contribution >= 0.6 is 11.8 Å². The monoisotopic (exact) mass is 513 g/mol. The third kappa shape index (κ3) is 6.38. The van der Waals surface area contributed by atoms with Crippen molar-refractivity contribution in [3.63, 3.8) is 0 Å². The summed E-state index contributed by atoms with van der Waals surface area (Å²) >= 11 is 1.40. The quantitative estimate of drug-likeness (QED) is 0.213. The van der Waals surface area contributed by atoms with E-state index in [1.807, 2.05) is 18.2 Å². The highest BCUT2D eigenvalue weighted by molar-refractivity contribution is 8.03. The molecule has 3 heterocycles. The number of rotatable bonds is 10. The average Bonchev–Trinajstić information content (AvgIpc) is 3.38. The van der Waals surface area contributed by atoms with Gasteiger partial charge < -0.3 is 14.4 Å². The number of thioether (sulfide) groups is 1. The Labute approximate surface area is 206 Å². The van der Waals surface area contributed by atoms with Gasteiger partial charge in [0, 0.05) is 30.1 Å². The molecule has 1 aliphatic heterocycles. The zero-order valence-corrected chi connectivity index (χ0v) is 20.2. The number of anilines is 1. The summed E-state index contributed by atoms with van der Waals surface area (Å²) in [5, 5.41) is 9.71. The largest absolute Gasteiger partial charge is 0.481 e. The SMILES string of the molecule is O=C(O)CCCCCN1\C(=C/C=C/C=C/c2nc3ncccc3o2)Sc2cc(S(=O)(=O)O)ccc21. The van der Waals surface area contributed by atoms with Crippen LogP contribution in [-0.2, 0) is 14.9 Å². The van der Waals surface area contributed by atoms with Gasteiger partial charge in [0.2, 0.25) is 5.89 Å². The maximum absolute atomic E-state index is 11.5. The lowest BCUT2D eigenvalue weighted by atomic mass is 10.2. The van der Waals surface area contributed by atoms with E-state index in [0.717, 1.165) is 28.5 Å².